The molecule has 2 aromatic rings. The number of nitrogens with one attached hydrogen (secondary N) is 1. The van der Waals surface area contributed by atoms with Crippen LogP contribution in [0.2, 0.25) is 5.02 Å². The van der Waals surface area contributed by atoms with E-state index >= 15 is 0 Å². The highest BCUT2D eigenvalue weighted by Crippen LogP contribution is 2.14. The van der Waals surface area contributed by atoms with E-state index in [4.69, 9.17) is 11.6 Å². The van der Waals surface area contributed by atoms with Gasteiger partial charge in [-0.25, -0.2) is 0 Å². The fourth-order valence-corrected chi connectivity index (χ4v) is 1.61. The number of carbonyl (C=O) groups excluding carboxylic acids is 1. The van der Waals surface area contributed by atoms with Crippen LogP contribution in [0.5, 0.6) is 0 Å². The highest BCUT2D eigenvalue weighted by atomic mass is 35.5. The third-order valence-electron chi connectivity index (χ3n) is 2.38. The second-order valence-electron chi connectivity index (χ2n) is 3.73. The minimum Gasteiger partial charge on any atom is -0.275 e. The maximum absolute atomic E-state index is 11.8. The van der Waals surface area contributed by atoms with Crippen molar-refractivity contribution < 1.29 is 4.79 Å². The van der Waals surface area contributed by atoms with Gasteiger partial charge in [0.25, 0.3) is 5.91 Å². The Morgan fingerprint density at radius 1 is 1.39 bits per heavy atom. The molecule has 0 aliphatic rings. The Morgan fingerprint density at radius 3 is 2.94 bits per heavy atom. The number of rotatable bonds is 3. The van der Waals surface area contributed by atoms with Crippen LogP contribution >= 0.6 is 11.6 Å². The smallest absolute Gasteiger partial charge is 0.275 e. The van der Waals surface area contributed by atoms with Gasteiger partial charge in [-0.15, -0.1) is 5.43 Å². The lowest BCUT2D eigenvalue weighted by molar-refractivity contribution is 0.0957. The van der Waals surface area contributed by atoms with Crippen LogP contribution in [-0.2, 0) is 0 Å². The van der Waals surface area contributed by atoms with Gasteiger partial charge >= 0.3 is 0 Å². The molecule has 1 N–H and O–H groups in total. The molecule has 0 atom stereocenters. The van der Waals surface area contributed by atoms with E-state index < -0.39 is 0 Å². The second kappa shape index (κ2) is 5.51. The molecular formula is C13H11ClN3O. The lowest BCUT2D eigenvalue weighted by Crippen LogP contribution is -2.22. The summed E-state index contributed by atoms with van der Waals surface area (Å²) in [6.45, 7) is 1.84. The molecule has 1 heterocycles. The van der Waals surface area contributed by atoms with Crippen LogP contribution in [0.4, 0.5) is 5.69 Å². The summed E-state index contributed by atoms with van der Waals surface area (Å²) < 4.78 is 0. The molecule has 4 nitrogen and oxygen atoms in total. The van der Waals surface area contributed by atoms with Gasteiger partial charge in [0.15, 0.2) is 0 Å². The number of halogens is 1. The van der Waals surface area contributed by atoms with Gasteiger partial charge in [0.05, 0.1) is 11.3 Å². The van der Waals surface area contributed by atoms with Crippen molar-refractivity contribution in [1.82, 2.24) is 10.4 Å². The molecule has 1 radical (unpaired) electrons. The topological polar surface area (TPSA) is 56.1 Å². The van der Waals surface area contributed by atoms with Gasteiger partial charge in [-0.2, -0.15) is 0 Å². The van der Waals surface area contributed by atoms with Crippen LogP contribution in [0.15, 0.2) is 42.7 Å². The summed E-state index contributed by atoms with van der Waals surface area (Å²) in [6.07, 6.45) is 3.14. The molecule has 0 bridgehead atoms. The molecule has 0 spiro atoms. The van der Waals surface area contributed by atoms with E-state index in [1.807, 2.05) is 6.92 Å². The molecular weight excluding hydrogens is 250 g/mol. The van der Waals surface area contributed by atoms with Crippen LogP contribution < -0.4 is 10.9 Å². The first-order valence-corrected chi connectivity index (χ1v) is 5.72. The van der Waals surface area contributed by atoms with E-state index in [2.05, 4.69) is 15.8 Å². The van der Waals surface area contributed by atoms with Crippen molar-refractivity contribution in [3.8, 4) is 0 Å². The van der Waals surface area contributed by atoms with Crippen molar-refractivity contribution >= 4 is 23.2 Å². The SMILES string of the molecule is Cc1ccncc1C(=O)[N]Nc1cccc(Cl)c1. The van der Waals surface area contributed by atoms with Crippen molar-refractivity contribution in [2.75, 3.05) is 5.43 Å². The van der Waals surface area contributed by atoms with Crippen molar-refractivity contribution in [1.29, 1.82) is 0 Å². The Morgan fingerprint density at radius 2 is 2.22 bits per heavy atom. The summed E-state index contributed by atoms with van der Waals surface area (Å²) in [4.78, 5) is 15.7. The Hall–Kier alpha value is -2.07. The number of carbonyl (C=O) groups is 1. The fourth-order valence-electron chi connectivity index (χ4n) is 1.42. The third kappa shape index (κ3) is 2.99. The maximum Gasteiger partial charge on any atom is 0.295 e. The number of pyridine rings is 1. The van der Waals surface area contributed by atoms with Gasteiger partial charge in [0, 0.05) is 17.4 Å². The molecule has 0 unspecified atom stereocenters. The number of hydrogen-bond donors (Lipinski definition) is 1. The Bertz CT molecular complexity index is 572. The lowest BCUT2D eigenvalue weighted by atomic mass is 10.1. The van der Waals surface area contributed by atoms with E-state index in [1.165, 1.54) is 6.20 Å². The zero-order chi connectivity index (χ0) is 13.0. The molecule has 1 aromatic heterocycles. The average molecular weight is 261 g/mol. The van der Waals surface area contributed by atoms with Crippen molar-refractivity contribution in [2.45, 2.75) is 6.92 Å². The van der Waals surface area contributed by atoms with Crippen LogP contribution in [0, 0.1) is 6.92 Å². The quantitative estimate of drug-likeness (QED) is 0.864. The largest absolute Gasteiger partial charge is 0.295 e. The van der Waals surface area contributed by atoms with Crippen molar-refractivity contribution in [3.05, 3.63) is 58.9 Å². The van der Waals surface area contributed by atoms with Gasteiger partial charge < -0.3 is 0 Å². The average Bonchev–Trinajstić information content (AvgIpc) is 2.37. The monoisotopic (exact) mass is 260 g/mol. The van der Waals surface area contributed by atoms with E-state index in [1.54, 1.807) is 36.5 Å². The van der Waals surface area contributed by atoms with E-state index in [-0.39, 0.29) is 5.91 Å². The minimum absolute atomic E-state index is 0.361. The lowest BCUT2D eigenvalue weighted by Gasteiger charge is -2.06. The van der Waals surface area contributed by atoms with Gasteiger partial charge in [-0.3, -0.25) is 15.2 Å². The van der Waals surface area contributed by atoms with Crippen LogP contribution in [0.25, 0.3) is 0 Å². The van der Waals surface area contributed by atoms with Crippen molar-refractivity contribution in [2.24, 2.45) is 0 Å². The molecule has 5 heteroatoms. The van der Waals surface area contributed by atoms with E-state index in [0.717, 1.165) is 5.56 Å². The molecule has 1 amide bonds. The highest BCUT2D eigenvalue weighted by Gasteiger charge is 2.10. The summed E-state index contributed by atoms with van der Waals surface area (Å²) in [5.74, 6) is -0.361. The molecule has 0 saturated heterocycles. The van der Waals surface area contributed by atoms with Gasteiger partial charge in [0.1, 0.15) is 0 Å². The molecule has 0 aliphatic carbocycles. The normalized spacial score (nSPS) is 9.89. The van der Waals surface area contributed by atoms with Crippen molar-refractivity contribution in [3.63, 3.8) is 0 Å². The Kier molecular flexibility index (Phi) is 3.79. The van der Waals surface area contributed by atoms with Gasteiger partial charge in [-0.05, 0) is 36.8 Å². The number of nitrogens with zero attached hydrogens (tertiary/aromatic N) is 2. The second-order valence-corrected chi connectivity index (χ2v) is 4.17. The summed E-state index contributed by atoms with van der Waals surface area (Å²) in [5, 5.41) is 0.584. The van der Waals surface area contributed by atoms with E-state index in [0.29, 0.717) is 16.3 Å². The molecule has 2 rings (SSSR count). The standard InChI is InChI=1S/C13H11ClN3O/c1-9-5-6-15-8-12(9)13(18)17-16-11-4-2-3-10(14)7-11/h2-8,16H,1H3. The summed E-state index contributed by atoms with van der Waals surface area (Å²) in [5.41, 5.74) is 8.44. The Labute approximate surface area is 110 Å². The summed E-state index contributed by atoms with van der Waals surface area (Å²) in [6, 6.07) is 8.76. The zero-order valence-electron chi connectivity index (χ0n) is 9.72. The van der Waals surface area contributed by atoms with Gasteiger partial charge in [-0.1, -0.05) is 17.7 Å². The van der Waals surface area contributed by atoms with Crippen LogP contribution in [0.1, 0.15) is 15.9 Å². The first kappa shape index (κ1) is 12.4. The summed E-state index contributed by atoms with van der Waals surface area (Å²) in [7, 11) is 0. The zero-order valence-corrected chi connectivity index (χ0v) is 10.5. The third-order valence-corrected chi connectivity index (χ3v) is 2.62. The fraction of sp³-hybridized carbons (Fsp3) is 0.0769. The van der Waals surface area contributed by atoms with Crippen LogP contribution in [0.3, 0.4) is 0 Å². The maximum atomic E-state index is 11.8. The van der Waals surface area contributed by atoms with E-state index in [9.17, 15) is 4.79 Å². The summed E-state index contributed by atoms with van der Waals surface area (Å²) >= 11 is 5.83. The molecule has 0 fully saturated rings. The first-order chi connectivity index (χ1) is 8.66. The number of hydrogen-bond acceptors (Lipinski definition) is 3. The predicted molar refractivity (Wildman–Crippen MR) is 70.5 cm³/mol. The Balaban J connectivity index is 2.03. The number of amides is 1. The predicted octanol–water partition coefficient (Wildman–Crippen LogP) is 2.82. The highest BCUT2D eigenvalue weighted by molar-refractivity contribution is 6.30. The molecule has 91 valence electrons. The molecule has 18 heavy (non-hydrogen) atoms. The number of aryl methyl sites for hydroxylation is 1. The number of anilines is 1. The first-order valence-electron chi connectivity index (χ1n) is 5.34. The van der Waals surface area contributed by atoms with Crippen LogP contribution in [-0.4, -0.2) is 10.9 Å². The van der Waals surface area contributed by atoms with Gasteiger partial charge in [0.2, 0.25) is 0 Å². The minimum atomic E-state index is -0.361. The molecule has 1 aromatic carbocycles. The number of aromatic nitrogens is 1. The molecule has 0 saturated carbocycles. The molecule has 0 aliphatic heterocycles. The number of benzene rings is 1.